The quantitative estimate of drug-likeness (QED) is 0.0212. The van der Waals surface area contributed by atoms with E-state index in [0.717, 1.165) is 57.8 Å². The number of unbranched alkanes of at least 4 members (excludes halogenated alkanes) is 26. The molecule has 0 aliphatic rings. The fourth-order valence-corrected chi connectivity index (χ4v) is 7.59. The number of likely N-dealkylation sites (N-methyl/N-ethyl adjacent to an activating group) is 1. The van der Waals surface area contributed by atoms with Gasteiger partial charge in [-0.25, -0.2) is 4.57 Å². The van der Waals surface area contributed by atoms with Crippen molar-refractivity contribution in [1.82, 2.24) is 0 Å². The molecule has 1 unspecified atom stereocenters. The first-order valence-corrected chi connectivity index (χ1v) is 26.4. The second-order valence-electron chi connectivity index (χ2n) is 17.9. The average molecular weight is 881 g/mol. The minimum atomic E-state index is -4.38. The van der Waals surface area contributed by atoms with Crippen LogP contribution in [0, 0.1) is 0 Å². The molecular formula is C51H95NO8P+. The predicted molar refractivity (Wildman–Crippen MR) is 257 cm³/mol. The number of allylic oxidation sites excluding steroid dienone is 8. The molecule has 10 heteroatoms. The highest BCUT2D eigenvalue weighted by Crippen LogP contribution is 2.43. The van der Waals surface area contributed by atoms with Crippen LogP contribution in [0.1, 0.15) is 213 Å². The summed E-state index contributed by atoms with van der Waals surface area (Å²) in [6.07, 6.45) is 51.7. The topological polar surface area (TPSA) is 108 Å². The maximum atomic E-state index is 12.7. The van der Waals surface area contributed by atoms with Gasteiger partial charge in [0.1, 0.15) is 19.8 Å². The van der Waals surface area contributed by atoms with Gasteiger partial charge in [-0.05, 0) is 32.1 Å². The third kappa shape index (κ3) is 47.3. The maximum Gasteiger partial charge on any atom is 0.472 e. The van der Waals surface area contributed by atoms with Crippen molar-refractivity contribution in [2.75, 3.05) is 47.5 Å². The number of rotatable bonds is 45. The lowest BCUT2D eigenvalue weighted by atomic mass is 10.0. The lowest BCUT2D eigenvalue weighted by Crippen LogP contribution is -2.37. The van der Waals surface area contributed by atoms with Gasteiger partial charge in [0.2, 0.25) is 0 Å². The smallest absolute Gasteiger partial charge is 0.462 e. The van der Waals surface area contributed by atoms with E-state index in [-0.39, 0.29) is 32.0 Å². The van der Waals surface area contributed by atoms with Crippen LogP contribution >= 0.6 is 7.82 Å². The number of carbonyl (C=O) groups excluding carboxylic acids is 2. The monoisotopic (exact) mass is 881 g/mol. The molecule has 0 aromatic carbocycles. The number of quaternary nitrogens is 1. The molecule has 0 bridgehead atoms. The molecule has 0 heterocycles. The summed E-state index contributed by atoms with van der Waals surface area (Å²) in [4.78, 5) is 35.5. The van der Waals surface area contributed by atoms with E-state index in [1.165, 1.54) is 122 Å². The van der Waals surface area contributed by atoms with Crippen molar-refractivity contribution < 1.29 is 42.1 Å². The van der Waals surface area contributed by atoms with E-state index < -0.39 is 26.5 Å². The van der Waals surface area contributed by atoms with Crippen LogP contribution < -0.4 is 0 Å². The van der Waals surface area contributed by atoms with Crippen LogP contribution in [0.4, 0.5) is 0 Å². The Labute approximate surface area is 375 Å². The number of hydrogen-bond acceptors (Lipinski definition) is 7. The predicted octanol–water partition coefficient (Wildman–Crippen LogP) is 14.6. The van der Waals surface area contributed by atoms with Crippen molar-refractivity contribution in [3.63, 3.8) is 0 Å². The van der Waals surface area contributed by atoms with E-state index in [9.17, 15) is 19.0 Å². The summed E-state index contributed by atoms with van der Waals surface area (Å²) in [7, 11) is 1.46. The standard InChI is InChI=1S/C51H94NO8P/c1-6-8-10-12-14-16-18-20-22-23-24-25-26-27-28-30-31-33-35-37-39-41-43-50(53)57-47-49(48-59-61(55,56)58-46-45-52(3,4)5)60-51(54)44-42-40-38-36-34-32-29-21-19-17-15-13-11-9-7-2/h9,11,13,15,17,19,21,29,49H,6-8,10,12,14,16,18,20,22-28,30-48H2,1-5H3/p+1/b11-9+,15-13+,19-17+,29-21+/t49-/m1/s1. The SMILES string of the molecule is CC/C=C/C=C/C=C/C=C/CCCCCCCC(=O)O[C@H](COC(=O)CCCCCCCCCCCCCCCCCCCCCCCC)COP(=O)(O)OCC[N+](C)(C)C. The highest BCUT2D eigenvalue weighted by Gasteiger charge is 2.27. The number of esters is 2. The second-order valence-corrected chi connectivity index (χ2v) is 19.4. The molecule has 0 saturated carbocycles. The van der Waals surface area contributed by atoms with Crippen LogP contribution in [0.15, 0.2) is 48.6 Å². The van der Waals surface area contributed by atoms with Crippen LogP contribution in [-0.4, -0.2) is 74.9 Å². The molecule has 0 spiro atoms. The fourth-order valence-electron chi connectivity index (χ4n) is 6.85. The molecular weight excluding hydrogens is 786 g/mol. The van der Waals surface area contributed by atoms with E-state index in [1.54, 1.807) is 0 Å². The number of carbonyl (C=O) groups is 2. The van der Waals surface area contributed by atoms with Gasteiger partial charge >= 0.3 is 19.8 Å². The summed E-state index contributed by atoms with van der Waals surface area (Å²) >= 11 is 0. The van der Waals surface area contributed by atoms with Crippen molar-refractivity contribution in [3.05, 3.63) is 48.6 Å². The Balaban J connectivity index is 4.23. The minimum absolute atomic E-state index is 0.0262. The largest absolute Gasteiger partial charge is 0.472 e. The van der Waals surface area contributed by atoms with Crippen LogP contribution in [0.5, 0.6) is 0 Å². The molecule has 9 nitrogen and oxygen atoms in total. The van der Waals surface area contributed by atoms with Gasteiger partial charge in [0.15, 0.2) is 6.10 Å². The molecule has 0 fully saturated rings. The Morgan fingerprint density at radius 1 is 0.525 bits per heavy atom. The number of phosphoric ester groups is 1. The normalized spacial score (nSPS) is 13.9. The Morgan fingerprint density at radius 3 is 1.39 bits per heavy atom. The van der Waals surface area contributed by atoms with Gasteiger partial charge in [0.25, 0.3) is 0 Å². The first-order valence-electron chi connectivity index (χ1n) is 24.9. The third-order valence-corrected chi connectivity index (χ3v) is 11.7. The average Bonchev–Trinajstić information content (AvgIpc) is 3.21. The zero-order chi connectivity index (χ0) is 45.0. The summed E-state index contributed by atoms with van der Waals surface area (Å²) in [5.74, 6) is -0.819. The van der Waals surface area contributed by atoms with Crippen molar-refractivity contribution in [1.29, 1.82) is 0 Å². The van der Waals surface area contributed by atoms with Crippen LogP contribution in [-0.2, 0) is 32.7 Å². The Kier molecular flexibility index (Phi) is 41.8. The number of nitrogens with zero attached hydrogens (tertiary/aromatic N) is 1. The highest BCUT2D eigenvalue weighted by atomic mass is 31.2. The van der Waals surface area contributed by atoms with Gasteiger partial charge in [-0.15, -0.1) is 0 Å². The second kappa shape index (κ2) is 43.2. The molecule has 61 heavy (non-hydrogen) atoms. The first kappa shape index (κ1) is 59.0. The first-order chi connectivity index (χ1) is 29.5. The van der Waals surface area contributed by atoms with E-state index in [0.29, 0.717) is 17.4 Å². The summed E-state index contributed by atoms with van der Waals surface area (Å²) in [5.41, 5.74) is 0. The molecule has 0 saturated heterocycles. The van der Waals surface area contributed by atoms with Crippen LogP contribution in [0.2, 0.25) is 0 Å². The van der Waals surface area contributed by atoms with Crippen molar-refractivity contribution >= 4 is 19.8 Å². The van der Waals surface area contributed by atoms with Gasteiger partial charge in [-0.3, -0.25) is 18.6 Å². The molecule has 0 rings (SSSR count). The molecule has 0 aromatic heterocycles. The Bertz CT molecular complexity index is 1180. The van der Waals surface area contributed by atoms with Crippen molar-refractivity contribution in [2.45, 2.75) is 219 Å². The molecule has 0 aliphatic carbocycles. The molecule has 356 valence electrons. The van der Waals surface area contributed by atoms with Crippen molar-refractivity contribution in [3.8, 4) is 0 Å². The lowest BCUT2D eigenvalue weighted by Gasteiger charge is -2.24. The van der Waals surface area contributed by atoms with Gasteiger partial charge in [0.05, 0.1) is 27.7 Å². The molecule has 0 amide bonds. The van der Waals surface area contributed by atoms with Gasteiger partial charge in [0, 0.05) is 12.8 Å². The van der Waals surface area contributed by atoms with Crippen LogP contribution in [0.25, 0.3) is 0 Å². The summed E-state index contributed by atoms with van der Waals surface area (Å²) in [6, 6.07) is 0. The molecule has 2 atom stereocenters. The number of phosphoric acid groups is 1. The molecule has 1 N–H and O–H groups in total. The van der Waals surface area contributed by atoms with E-state index >= 15 is 0 Å². The van der Waals surface area contributed by atoms with Gasteiger partial charge < -0.3 is 18.9 Å². The summed E-state index contributed by atoms with van der Waals surface area (Å²) in [6.45, 7) is 4.28. The third-order valence-electron chi connectivity index (χ3n) is 10.7. The number of ether oxygens (including phenoxy) is 2. The zero-order valence-corrected chi connectivity index (χ0v) is 41.0. The van der Waals surface area contributed by atoms with E-state index in [2.05, 4.69) is 32.1 Å². The summed E-state index contributed by atoms with van der Waals surface area (Å²) < 4.78 is 34.4. The van der Waals surface area contributed by atoms with E-state index in [1.807, 2.05) is 51.5 Å². The van der Waals surface area contributed by atoms with E-state index in [4.69, 9.17) is 18.5 Å². The molecule has 0 radical (unpaired) electrons. The van der Waals surface area contributed by atoms with Crippen molar-refractivity contribution in [2.24, 2.45) is 0 Å². The van der Waals surface area contributed by atoms with Gasteiger partial charge in [-0.2, -0.15) is 0 Å². The Hall–Kier alpha value is -2.03. The zero-order valence-electron chi connectivity index (χ0n) is 40.1. The number of hydrogen-bond donors (Lipinski definition) is 1. The molecule has 0 aliphatic heterocycles. The Morgan fingerprint density at radius 2 is 0.934 bits per heavy atom. The van der Waals surface area contributed by atoms with Crippen LogP contribution in [0.3, 0.4) is 0 Å². The maximum absolute atomic E-state index is 12.7. The molecule has 0 aromatic rings. The lowest BCUT2D eigenvalue weighted by molar-refractivity contribution is -0.870. The summed E-state index contributed by atoms with van der Waals surface area (Å²) in [5, 5.41) is 0. The minimum Gasteiger partial charge on any atom is -0.462 e. The highest BCUT2D eigenvalue weighted by molar-refractivity contribution is 7.47. The fraction of sp³-hybridized carbons (Fsp3) is 0.804. The van der Waals surface area contributed by atoms with Gasteiger partial charge in [-0.1, -0.05) is 217 Å².